The Morgan fingerprint density at radius 3 is 2.42 bits per heavy atom. The molecule has 0 bridgehead atoms. The highest BCUT2D eigenvalue weighted by atomic mass is 16.5. The van der Waals surface area contributed by atoms with Crippen molar-refractivity contribution in [2.75, 3.05) is 12.3 Å². The predicted octanol–water partition coefficient (Wildman–Crippen LogP) is 4.01. The van der Waals surface area contributed by atoms with Crippen LogP contribution >= 0.6 is 0 Å². The van der Waals surface area contributed by atoms with Crippen molar-refractivity contribution in [3.05, 3.63) is 59.7 Å². The molecule has 19 heavy (non-hydrogen) atoms. The van der Waals surface area contributed by atoms with E-state index in [0.29, 0.717) is 12.5 Å². The molecule has 2 aromatic carbocycles. The monoisotopic (exact) mass is 255 g/mol. The molecule has 0 aromatic heterocycles. The topological polar surface area (TPSA) is 35.2 Å². The second kappa shape index (κ2) is 6.28. The minimum atomic E-state index is 0.487. The van der Waals surface area contributed by atoms with Crippen molar-refractivity contribution in [1.82, 2.24) is 0 Å². The fraction of sp³-hybridized carbons (Fsp3) is 0.294. The largest absolute Gasteiger partial charge is 0.491 e. The summed E-state index contributed by atoms with van der Waals surface area (Å²) < 4.78 is 5.75. The molecule has 0 aliphatic carbocycles. The fourth-order valence-corrected chi connectivity index (χ4v) is 1.98. The minimum Gasteiger partial charge on any atom is -0.491 e. The Morgan fingerprint density at radius 1 is 1.05 bits per heavy atom. The Balaban J connectivity index is 1.93. The SMILES string of the molecule is CC(C)c1ccc(OCCc2ccccc2)c(N)c1. The van der Waals surface area contributed by atoms with Crippen molar-refractivity contribution < 1.29 is 4.74 Å². The van der Waals surface area contributed by atoms with Crippen LogP contribution in [0.4, 0.5) is 5.69 Å². The van der Waals surface area contributed by atoms with E-state index in [-0.39, 0.29) is 0 Å². The smallest absolute Gasteiger partial charge is 0.142 e. The molecule has 2 N–H and O–H groups in total. The molecule has 0 unspecified atom stereocenters. The van der Waals surface area contributed by atoms with E-state index >= 15 is 0 Å². The third-order valence-corrected chi connectivity index (χ3v) is 3.19. The van der Waals surface area contributed by atoms with Crippen LogP contribution in [0.2, 0.25) is 0 Å². The second-order valence-corrected chi connectivity index (χ2v) is 5.04. The average Bonchev–Trinajstić information content (AvgIpc) is 2.41. The van der Waals surface area contributed by atoms with E-state index in [2.05, 4.69) is 32.0 Å². The summed E-state index contributed by atoms with van der Waals surface area (Å²) in [5.74, 6) is 1.26. The number of hydrogen-bond acceptors (Lipinski definition) is 2. The van der Waals surface area contributed by atoms with Crippen LogP contribution in [0.3, 0.4) is 0 Å². The van der Waals surface area contributed by atoms with Gasteiger partial charge in [-0.25, -0.2) is 0 Å². The summed E-state index contributed by atoms with van der Waals surface area (Å²) in [5, 5.41) is 0. The summed E-state index contributed by atoms with van der Waals surface area (Å²) >= 11 is 0. The third-order valence-electron chi connectivity index (χ3n) is 3.19. The van der Waals surface area contributed by atoms with Gasteiger partial charge in [0.2, 0.25) is 0 Å². The van der Waals surface area contributed by atoms with Crippen LogP contribution in [0.25, 0.3) is 0 Å². The van der Waals surface area contributed by atoms with E-state index in [1.54, 1.807) is 0 Å². The Morgan fingerprint density at radius 2 is 1.79 bits per heavy atom. The van der Waals surface area contributed by atoms with Crippen LogP contribution in [-0.4, -0.2) is 6.61 Å². The van der Waals surface area contributed by atoms with E-state index in [9.17, 15) is 0 Å². The molecule has 2 aromatic rings. The number of rotatable bonds is 5. The van der Waals surface area contributed by atoms with Gasteiger partial charge >= 0.3 is 0 Å². The molecule has 0 aliphatic rings. The highest BCUT2D eigenvalue weighted by molar-refractivity contribution is 5.54. The molecule has 100 valence electrons. The standard InChI is InChI=1S/C17H21NO/c1-13(2)15-8-9-17(16(18)12-15)19-11-10-14-6-4-3-5-7-14/h3-9,12-13H,10-11,18H2,1-2H3. The quantitative estimate of drug-likeness (QED) is 0.819. The van der Waals surface area contributed by atoms with Gasteiger partial charge in [0.1, 0.15) is 5.75 Å². The number of nitrogen functional groups attached to an aromatic ring is 1. The van der Waals surface area contributed by atoms with E-state index in [0.717, 1.165) is 17.9 Å². The summed E-state index contributed by atoms with van der Waals surface area (Å²) in [7, 11) is 0. The minimum absolute atomic E-state index is 0.487. The normalized spacial score (nSPS) is 10.7. The maximum absolute atomic E-state index is 6.01. The number of ether oxygens (including phenoxy) is 1. The molecule has 0 atom stereocenters. The number of anilines is 1. The Hall–Kier alpha value is -1.96. The van der Waals surface area contributed by atoms with Gasteiger partial charge in [-0.3, -0.25) is 0 Å². The first-order valence-corrected chi connectivity index (χ1v) is 6.73. The van der Waals surface area contributed by atoms with Crippen LogP contribution in [0.5, 0.6) is 5.75 Å². The summed E-state index contributed by atoms with van der Waals surface area (Å²) in [5.41, 5.74) is 9.26. The van der Waals surface area contributed by atoms with Gasteiger partial charge in [0.15, 0.2) is 0 Å². The van der Waals surface area contributed by atoms with Crippen molar-refractivity contribution >= 4 is 5.69 Å². The Bertz CT molecular complexity index is 520. The van der Waals surface area contributed by atoms with Gasteiger partial charge in [-0.1, -0.05) is 50.2 Å². The zero-order chi connectivity index (χ0) is 13.7. The molecule has 0 heterocycles. The highest BCUT2D eigenvalue weighted by Gasteiger charge is 2.04. The van der Waals surface area contributed by atoms with Crippen molar-refractivity contribution in [2.24, 2.45) is 0 Å². The maximum Gasteiger partial charge on any atom is 0.142 e. The lowest BCUT2D eigenvalue weighted by Crippen LogP contribution is -2.04. The van der Waals surface area contributed by atoms with Crippen molar-refractivity contribution in [1.29, 1.82) is 0 Å². The van der Waals surface area contributed by atoms with E-state index in [1.807, 2.05) is 30.3 Å². The van der Waals surface area contributed by atoms with Crippen LogP contribution in [0.1, 0.15) is 30.9 Å². The summed E-state index contributed by atoms with van der Waals surface area (Å²) in [4.78, 5) is 0. The zero-order valence-corrected chi connectivity index (χ0v) is 11.6. The molecule has 0 saturated carbocycles. The molecule has 2 rings (SSSR count). The molecule has 0 saturated heterocycles. The van der Waals surface area contributed by atoms with Gasteiger partial charge < -0.3 is 10.5 Å². The van der Waals surface area contributed by atoms with Crippen LogP contribution in [0, 0.1) is 0 Å². The summed E-state index contributed by atoms with van der Waals surface area (Å²) in [6, 6.07) is 16.4. The van der Waals surface area contributed by atoms with Gasteiger partial charge in [0.05, 0.1) is 12.3 Å². The highest BCUT2D eigenvalue weighted by Crippen LogP contribution is 2.26. The van der Waals surface area contributed by atoms with E-state index < -0.39 is 0 Å². The molecule has 0 aliphatic heterocycles. The lowest BCUT2D eigenvalue weighted by molar-refractivity contribution is 0.323. The second-order valence-electron chi connectivity index (χ2n) is 5.04. The summed E-state index contributed by atoms with van der Waals surface area (Å²) in [6.45, 7) is 4.96. The molecular weight excluding hydrogens is 234 g/mol. The first kappa shape index (κ1) is 13.5. The number of nitrogens with two attached hydrogens (primary N) is 1. The van der Waals surface area contributed by atoms with Gasteiger partial charge in [-0.05, 0) is 29.2 Å². The van der Waals surface area contributed by atoms with Crippen molar-refractivity contribution in [2.45, 2.75) is 26.2 Å². The first-order chi connectivity index (χ1) is 9.16. The predicted molar refractivity (Wildman–Crippen MR) is 80.6 cm³/mol. The first-order valence-electron chi connectivity index (χ1n) is 6.73. The van der Waals surface area contributed by atoms with Gasteiger partial charge in [0.25, 0.3) is 0 Å². The molecule has 0 radical (unpaired) electrons. The maximum atomic E-state index is 6.01. The molecule has 0 spiro atoms. The van der Waals surface area contributed by atoms with Crippen LogP contribution < -0.4 is 10.5 Å². The van der Waals surface area contributed by atoms with Crippen LogP contribution in [-0.2, 0) is 6.42 Å². The van der Waals surface area contributed by atoms with Gasteiger partial charge in [-0.15, -0.1) is 0 Å². The number of benzene rings is 2. The Labute approximate surface area is 115 Å². The summed E-state index contributed by atoms with van der Waals surface area (Å²) in [6.07, 6.45) is 0.895. The fourth-order valence-electron chi connectivity index (χ4n) is 1.98. The lowest BCUT2D eigenvalue weighted by Gasteiger charge is -2.12. The number of hydrogen-bond donors (Lipinski definition) is 1. The Kier molecular flexibility index (Phi) is 4.45. The third kappa shape index (κ3) is 3.75. The lowest BCUT2D eigenvalue weighted by atomic mass is 10.0. The van der Waals surface area contributed by atoms with Crippen molar-refractivity contribution in [3.63, 3.8) is 0 Å². The van der Waals surface area contributed by atoms with Gasteiger partial charge in [0, 0.05) is 6.42 Å². The van der Waals surface area contributed by atoms with E-state index in [1.165, 1.54) is 11.1 Å². The average molecular weight is 255 g/mol. The van der Waals surface area contributed by atoms with E-state index in [4.69, 9.17) is 10.5 Å². The molecule has 0 amide bonds. The molecular formula is C17H21NO. The van der Waals surface area contributed by atoms with Crippen molar-refractivity contribution in [3.8, 4) is 5.75 Å². The molecule has 2 nitrogen and oxygen atoms in total. The zero-order valence-electron chi connectivity index (χ0n) is 11.6. The van der Waals surface area contributed by atoms with Crippen LogP contribution in [0.15, 0.2) is 48.5 Å². The molecule has 0 fully saturated rings. The molecule has 2 heteroatoms. The van der Waals surface area contributed by atoms with Gasteiger partial charge in [-0.2, -0.15) is 0 Å².